The maximum absolute atomic E-state index is 12.5. The molecule has 1 amide bonds. The average Bonchev–Trinajstić information content (AvgIpc) is 2.97. The first-order valence-electron chi connectivity index (χ1n) is 14.1. The summed E-state index contributed by atoms with van der Waals surface area (Å²) in [5.41, 5.74) is 2.99. The zero-order chi connectivity index (χ0) is 28.0. The van der Waals surface area contributed by atoms with E-state index in [1.165, 1.54) is 5.56 Å². The number of amides is 1. The van der Waals surface area contributed by atoms with Gasteiger partial charge in [0, 0.05) is 37.2 Å². The summed E-state index contributed by atoms with van der Waals surface area (Å²) in [5.74, 6) is 0.437. The predicted octanol–water partition coefficient (Wildman–Crippen LogP) is 3.74. The highest BCUT2D eigenvalue weighted by Crippen LogP contribution is 2.20. The lowest BCUT2D eigenvalue weighted by molar-refractivity contribution is -0.142. The number of para-hydroxylation sites is 1. The molecule has 1 atom stereocenters. The Labute approximate surface area is 236 Å². The molecule has 3 N–H and O–H groups in total. The number of carbonyl (C=O) groups is 2. The number of nitrogens with zero attached hydrogens (tertiary/aromatic N) is 3. The molecule has 40 heavy (non-hydrogen) atoms. The number of aliphatic carboxylic acids is 1. The standard InChI is InChI=1S/C31H39N5O4/c37-29(23-26-11-4-6-17-32-26)35-28(31(38)39)16-20-36(21-22-40-27-12-2-1-3-13-27)19-7-5-10-25-15-14-24-9-8-18-33-30(24)34-25/h1-4,6,11-15,17,28H,5,7-10,16,18-23H2,(H,33,34)(H,35,37)(H,38,39)/t28-/m0/s1. The third-order valence-corrected chi connectivity index (χ3v) is 6.96. The number of ether oxygens (including phenoxy) is 1. The van der Waals surface area contributed by atoms with Crippen LogP contribution in [0.25, 0.3) is 0 Å². The van der Waals surface area contributed by atoms with E-state index in [9.17, 15) is 14.7 Å². The van der Waals surface area contributed by atoms with Crippen molar-refractivity contribution < 1.29 is 19.4 Å². The van der Waals surface area contributed by atoms with Crippen LogP contribution in [0.1, 0.15) is 42.6 Å². The number of pyridine rings is 2. The Morgan fingerprint density at radius 3 is 2.65 bits per heavy atom. The quantitative estimate of drug-likeness (QED) is 0.233. The summed E-state index contributed by atoms with van der Waals surface area (Å²) in [6, 6.07) is 18.3. The second-order valence-electron chi connectivity index (χ2n) is 10.0. The molecule has 0 unspecified atom stereocenters. The van der Waals surface area contributed by atoms with E-state index in [0.29, 0.717) is 31.8 Å². The summed E-state index contributed by atoms with van der Waals surface area (Å²) in [5, 5.41) is 15.8. The Kier molecular flexibility index (Phi) is 11.3. The van der Waals surface area contributed by atoms with E-state index in [1.54, 1.807) is 24.4 Å². The molecule has 0 saturated carbocycles. The van der Waals surface area contributed by atoms with E-state index in [0.717, 1.165) is 62.5 Å². The van der Waals surface area contributed by atoms with Gasteiger partial charge < -0.3 is 20.5 Å². The van der Waals surface area contributed by atoms with Gasteiger partial charge in [0.1, 0.15) is 24.2 Å². The van der Waals surface area contributed by atoms with Gasteiger partial charge in [-0.05, 0) is 81.0 Å². The van der Waals surface area contributed by atoms with Crippen molar-refractivity contribution in [3.63, 3.8) is 0 Å². The molecule has 1 aliphatic rings. The third-order valence-electron chi connectivity index (χ3n) is 6.96. The van der Waals surface area contributed by atoms with Crippen LogP contribution in [0.3, 0.4) is 0 Å². The van der Waals surface area contributed by atoms with Crippen LogP contribution in [0.5, 0.6) is 5.75 Å². The molecule has 0 fully saturated rings. The van der Waals surface area contributed by atoms with Gasteiger partial charge in [-0.2, -0.15) is 0 Å². The summed E-state index contributed by atoms with van der Waals surface area (Å²) in [6.45, 7) is 3.45. The lowest BCUT2D eigenvalue weighted by atomic mass is 10.1. The second-order valence-corrected chi connectivity index (χ2v) is 10.0. The molecular weight excluding hydrogens is 506 g/mol. The molecular formula is C31H39N5O4. The lowest BCUT2D eigenvalue weighted by Gasteiger charge is -2.24. The second kappa shape index (κ2) is 15.6. The summed E-state index contributed by atoms with van der Waals surface area (Å²) in [6.07, 6.45) is 7.01. The van der Waals surface area contributed by atoms with Crippen LogP contribution in [0, 0.1) is 0 Å². The molecule has 9 nitrogen and oxygen atoms in total. The normalized spacial score (nSPS) is 13.2. The number of aryl methyl sites for hydroxylation is 2. The molecule has 9 heteroatoms. The number of fused-ring (bicyclic) bond motifs is 1. The van der Waals surface area contributed by atoms with Gasteiger partial charge in [-0.1, -0.05) is 30.3 Å². The molecule has 0 spiro atoms. The van der Waals surface area contributed by atoms with Gasteiger partial charge in [0.25, 0.3) is 0 Å². The maximum atomic E-state index is 12.5. The van der Waals surface area contributed by atoms with Crippen molar-refractivity contribution in [3.8, 4) is 5.75 Å². The third kappa shape index (κ3) is 9.64. The highest BCUT2D eigenvalue weighted by atomic mass is 16.5. The van der Waals surface area contributed by atoms with E-state index in [2.05, 4.69) is 32.7 Å². The molecule has 1 aromatic carbocycles. The Balaban J connectivity index is 1.27. The van der Waals surface area contributed by atoms with E-state index in [4.69, 9.17) is 9.72 Å². The lowest BCUT2D eigenvalue weighted by Crippen LogP contribution is -2.44. The fourth-order valence-corrected chi connectivity index (χ4v) is 4.78. The zero-order valence-electron chi connectivity index (χ0n) is 22.9. The number of carboxylic acids is 1. The molecule has 0 bridgehead atoms. The Morgan fingerprint density at radius 2 is 1.85 bits per heavy atom. The van der Waals surface area contributed by atoms with Crippen LogP contribution >= 0.6 is 0 Å². The smallest absolute Gasteiger partial charge is 0.326 e. The number of benzene rings is 1. The average molecular weight is 546 g/mol. The van der Waals surface area contributed by atoms with Crippen molar-refractivity contribution in [2.45, 2.75) is 51.0 Å². The first kappa shape index (κ1) is 29.0. The molecule has 0 radical (unpaired) electrons. The first-order chi connectivity index (χ1) is 19.6. The van der Waals surface area contributed by atoms with Crippen molar-refractivity contribution in [3.05, 3.63) is 83.8 Å². The fourth-order valence-electron chi connectivity index (χ4n) is 4.78. The van der Waals surface area contributed by atoms with E-state index in [-0.39, 0.29) is 12.3 Å². The number of anilines is 1. The van der Waals surface area contributed by atoms with Gasteiger partial charge >= 0.3 is 5.97 Å². The van der Waals surface area contributed by atoms with Crippen LogP contribution in [-0.2, 0) is 28.9 Å². The van der Waals surface area contributed by atoms with E-state index < -0.39 is 12.0 Å². The van der Waals surface area contributed by atoms with Gasteiger partial charge in [0.05, 0.1) is 6.42 Å². The summed E-state index contributed by atoms with van der Waals surface area (Å²) in [7, 11) is 0. The predicted molar refractivity (Wildman–Crippen MR) is 154 cm³/mol. The maximum Gasteiger partial charge on any atom is 0.326 e. The zero-order valence-corrected chi connectivity index (χ0v) is 22.9. The van der Waals surface area contributed by atoms with E-state index in [1.807, 2.05) is 30.3 Å². The number of aromatic nitrogens is 2. The molecule has 4 rings (SSSR count). The molecule has 0 aliphatic carbocycles. The van der Waals surface area contributed by atoms with Crippen molar-refractivity contribution in [2.75, 3.05) is 38.1 Å². The molecule has 3 heterocycles. The van der Waals surface area contributed by atoms with Gasteiger partial charge in [0.2, 0.25) is 5.91 Å². The minimum absolute atomic E-state index is 0.0471. The monoisotopic (exact) mass is 545 g/mol. The number of hydrogen-bond acceptors (Lipinski definition) is 7. The fraction of sp³-hybridized carbons (Fsp3) is 0.419. The number of nitrogens with one attached hydrogen (secondary N) is 2. The van der Waals surface area contributed by atoms with Crippen LogP contribution in [0.15, 0.2) is 66.9 Å². The highest BCUT2D eigenvalue weighted by molar-refractivity contribution is 5.84. The number of hydrogen-bond donors (Lipinski definition) is 3. The molecule has 2 aromatic heterocycles. The summed E-state index contributed by atoms with van der Waals surface area (Å²) < 4.78 is 5.90. The van der Waals surface area contributed by atoms with E-state index >= 15 is 0 Å². The van der Waals surface area contributed by atoms with Gasteiger partial charge in [0.15, 0.2) is 0 Å². The molecule has 212 valence electrons. The minimum Gasteiger partial charge on any atom is -0.492 e. The molecule has 3 aromatic rings. The van der Waals surface area contributed by atoms with Gasteiger partial charge in [-0.25, -0.2) is 9.78 Å². The molecule has 1 aliphatic heterocycles. The number of carbonyl (C=O) groups excluding carboxylic acids is 1. The van der Waals surface area contributed by atoms with Crippen molar-refractivity contribution in [1.82, 2.24) is 20.2 Å². The Bertz CT molecular complexity index is 1210. The number of carboxylic acid groups (broad SMARTS) is 1. The summed E-state index contributed by atoms with van der Waals surface area (Å²) >= 11 is 0. The van der Waals surface area contributed by atoms with Gasteiger partial charge in [-0.3, -0.25) is 14.7 Å². The number of unbranched alkanes of at least 4 members (excludes halogenated alkanes) is 1. The van der Waals surface area contributed by atoms with Crippen molar-refractivity contribution >= 4 is 17.7 Å². The van der Waals surface area contributed by atoms with Crippen LogP contribution in [-0.4, -0.2) is 70.7 Å². The Morgan fingerprint density at radius 1 is 1.00 bits per heavy atom. The minimum atomic E-state index is -1.04. The van der Waals surface area contributed by atoms with Crippen molar-refractivity contribution in [2.24, 2.45) is 0 Å². The first-order valence-corrected chi connectivity index (χ1v) is 14.1. The van der Waals surface area contributed by atoms with Crippen LogP contribution in [0.2, 0.25) is 0 Å². The molecule has 0 saturated heterocycles. The van der Waals surface area contributed by atoms with Gasteiger partial charge in [-0.15, -0.1) is 0 Å². The van der Waals surface area contributed by atoms with Crippen molar-refractivity contribution in [1.29, 1.82) is 0 Å². The Hall–Kier alpha value is -3.98. The van der Waals surface area contributed by atoms with Crippen LogP contribution < -0.4 is 15.4 Å². The SMILES string of the molecule is O=C(Cc1ccccn1)N[C@@H](CCN(CCCCc1ccc2c(n1)NCCC2)CCOc1ccccc1)C(=O)O. The highest BCUT2D eigenvalue weighted by Gasteiger charge is 2.21. The number of rotatable bonds is 16. The van der Waals surface area contributed by atoms with Crippen LogP contribution in [0.4, 0.5) is 5.82 Å². The topological polar surface area (TPSA) is 117 Å². The summed E-state index contributed by atoms with van der Waals surface area (Å²) in [4.78, 5) is 35.6. The largest absolute Gasteiger partial charge is 0.492 e.